The quantitative estimate of drug-likeness (QED) is 0.297. The molecule has 0 N–H and O–H groups in total. The molecule has 4 rings (SSSR count). The number of benzene rings is 4. The average Bonchev–Trinajstić information content (AvgIpc) is 2.82. The van der Waals surface area contributed by atoms with E-state index in [1.165, 1.54) is 45.5 Å². The molecule has 0 aliphatic rings. The molecular formula is C30H42. The first-order valence-corrected chi connectivity index (χ1v) is 11.7. The zero-order valence-corrected chi connectivity index (χ0v) is 20.5. The van der Waals surface area contributed by atoms with Crippen LogP contribution in [0.2, 0.25) is 0 Å². The molecule has 0 unspecified atom stereocenters. The lowest BCUT2D eigenvalue weighted by Gasteiger charge is -2.10. The molecule has 4 aromatic carbocycles. The summed E-state index contributed by atoms with van der Waals surface area (Å²) >= 11 is 0. The van der Waals surface area contributed by atoms with Crippen molar-refractivity contribution in [2.24, 2.45) is 0 Å². The van der Waals surface area contributed by atoms with Crippen LogP contribution in [0.1, 0.15) is 68.2 Å². The van der Waals surface area contributed by atoms with Crippen molar-refractivity contribution < 1.29 is 0 Å². The molecule has 0 nitrogen and oxygen atoms in total. The lowest BCUT2D eigenvalue weighted by atomic mass is 9.94. The predicted molar refractivity (Wildman–Crippen MR) is 142 cm³/mol. The smallest absolute Gasteiger partial charge is 0.00992 e. The van der Waals surface area contributed by atoms with Gasteiger partial charge in [-0.25, -0.2) is 0 Å². The Bertz CT molecular complexity index is 845. The van der Waals surface area contributed by atoms with E-state index in [-0.39, 0.29) is 0 Å². The maximum atomic E-state index is 2.21. The van der Waals surface area contributed by atoms with Crippen LogP contribution in [0.25, 0.3) is 32.7 Å². The van der Waals surface area contributed by atoms with Crippen molar-refractivity contribution >= 4 is 21.5 Å². The molecule has 0 bridgehead atoms. The second-order valence-electron chi connectivity index (χ2n) is 6.47. The maximum absolute atomic E-state index is 2.21. The van der Waals surface area contributed by atoms with Gasteiger partial charge in [-0.1, -0.05) is 153 Å². The SMILES string of the molecule is CC.CC.CCC.CCC.c1ccc2c(-c3cccc4ccccc34)cccc2c1. The van der Waals surface area contributed by atoms with E-state index in [1.54, 1.807) is 0 Å². The number of fused-ring (bicyclic) bond motifs is 2. The summed E-state index contributed by atoms with van der Waals surface area (Å²) < 4.78 is 0. The number of rotatable bonds is 1. The van der Waals surface area contributed by atoms with Crippen LogP contribution in [-0.2, 0) is 0 Å². The summed E-state index contributed by atoms with van der Waals surface area (Å²) in [5, 5.41) is 5.20. The molecule has 0 heterocycles. The van der Waals surface area contributed by atoms with Crippen LogP contribution in [0.5, 0.6) is 0 Å². The fraction of sp³-hybridized carbons (Fsp3) is 0.333. The van der Waals surface area contributed by atoms with E-state index < -0.39 is 0 Å². The van der Waals surface area contributed by atoms with Gasteiger partial charge in [0.2, 0.25) is 0 Å². The van der Waals surface area contributed by atoms with Crippen LogP contribution < -0.4 is 0 Å². The van der Waals surface area contributed by atoms with Gasteiger partial charge >= 0.3 is 0 Å². The Hall–Kier alpha value is -2.60. The van der Waals surface area contributed by atoms with Gasteiger partial charge in [0.25, 0.3) is 0 Å². The monoisotopic (exact) mass is 402 g/mol. The van der Waals surface area contributed by atoms with Crippen molar-refractivity contribution in [3.8, 4) is 11.1 Å². The molecule has 162 valence electrons. The van der Waals surface area contributed by atoms with E-state index in [4.69, 9.17) is 0 Å². The highest BCUT2D eigenvalue weighted by Gasteiger charge is 2.06. The first-order chi connectivity index (χ1) is 14.8. The molecule has 0 saturated heterocycles. The summed E-state index contributed by atoms with van der Waals surface area (Å²) in [6, 6.07) is 30.2. The highest BCUT2D eigenvalue weighted by molar-refractivity contribution is 6.05. The van der Waals surface area contributed by atoms with Gasteiger partial charge in [-0.2, -0.15) is 0 Å². The van der Waals surface area contributed by atoms with E-state index in [2.05, 4.69) is 113 Å². The third kappa shape index (κ3) is 8.03. The van der Waals surface area contributed by atoms with Crippen LogP contribution in [0, 0.1) is 0 Å². The molecule has 0 aliphatic carbocycles. The van der Waals surface area contributed by atoms with E-state index in [9.17, 15) is 0 Å². The fourth-order valence-electron chi connectivity index (χ4n) is 2.92. The summed E-state index contributed by atoms with van der Waals surface area (Å²) in [5.41, 5.74) is 2.61. The second-order valence-corrected chi connectivity index (χ2v) is 6.47. The normalized spacial score (nSPS) is 8.93. The zero-order chi connectivity index (χ0) is 22.8. The Morgan fingerprint density at radius 2 is 0.667 bits per heavy atom. The molecule has 0 saturated carbocycles. The van der Waals surface area contributed by atoms with Crippen LogP contribution in [0.15, 0.2) is 84.9 Å². The van der Waals surface area contributed by atoms with Gasteiger partial charge in [-0.3, -0.25) is 0 Å². The Balaban J connectivity index is 0.000000731. The Kier molecular flexibility index (Phi) is 15.8. The summed E-state index contributed by atoms with van der Waals surface area (Å²) in [5.74, 6) is 0. The van der Waals surface area contributed by atoms with Crippen LogP contribution in [0.4, 0.5) is 0 Å². The van der Waals surface area contributed by atoms with Crippen LogP contribution in [0.3, 0.4) is 0 Å². The minimum absolute atomic E-state index is 1.25. The lowest BCUT2D eigenvalue weighted by Crippen LogP contribution is -1.83. The summed E-state index contributed by atoms with van der Waals surface area (Å²) in [6.07, 6.45) is 2.50. The van der Waals surface area contributed by atoms with Crippen LogP contribution in [-0.4, -0.2) is 0 Å². The first-order valence-electron chi connectivity index (χ1n) is 11.7. The first kappa shape index (κ1) is 27.4. The molecule has 0 spiro atoms. The van der Waals surface area contributed by atoms with Crippen molar-refractivity contribution in [2.45, 2.75) is 68.2 Å². The third-order valence-corrected chi connectivity index (χ3v) is 3.87. The Morgan fingerprint density at radius 1 is 0.400 bits per heavy atom. The van der Waals surface area contributed by atoms with Gasteiger partial charge in [0.05, 0.1) is 0 Å². The minimum Gasteiger partial charge on any atom is -0.0683 e. The standard InChI is InChI=1S/C20H14.2C3H8.2C2H6/c1-3-11-17-15(7-1)9-5-13-19(17)20-14-6-10-16-8-2-4-12-18(16)20;2*1-3-2;2*1-2/h1-14H;2*3H2,1-2H3;2*1-2H3. The van der Waals surface area contributed by atoms with E-state index >= 15 is 0 Å². The van der Waals surface area contributed by atoms with Crippen molar-refractivity contribution in [1.82, 2.24) is 0 Å². The number of hydrogen-bond donors (Lipinski definition) is 0. The molecule has 4 aromatic rings. The molecular weight excluding hydrogens is 360 g/mol. The third-order valence-electron chi connectivity index (χ3n) is 3.87. The Morgan fingerprint density at radius 3 is 1.00 bits per heavy atom. The maximum Gasteiger partial charge on any atom is -0.00992 e. The van der Waals surface area contributed by atoms with E-state index in [1.807, 2.05) is 27.7 Å². The molecule has 30 heavy (non-hydrogen) atoms. The molecule has 0 aromatic heterocycles. The highest BCUT2D eigenvalue weighted by Crippen LogP contribution is 2.33. The molecule has 0 radical (unpaired) electrons. The van der Waals surface area contributed by atoms with Gasteiger partial charge in [0.15, 0.2) is 0 Å². The van der Waals surface area contributed by atoms with E-state index in [0.717, 1.165) is 0 Å². The molecule has 0 atom stereocenters. The molecule has 0 fully saturated rings. The lowest BCUT2D eigenvalue weighted by molar-refractivity contribution is 1.09. The van der Waals surface area contributed by atoms with Crippen LogP contribution >= 0.6 is 0 Å². The van der Waals surface area contributed by atoms with E-state index in [0.29, 0.717) is 0 Å². The van der Waals surface area contributed by atoms with Crippen molar-refractivity contribution in [3.63, 3.8) is 0 Å². The van der Waals surface area contributed by atoms with Gasteiger partial charge in [0.1, 0.15) is 0 Å². The van der Waals surface area contributed by atoms with Gasteiger partial charge in [0, 0.05) is 0 Å². The summed E-state index contributed by atoms with van der Waals surface area (Å²) in [6.45, 7) is 16.5. The summed E-state index contributed by atoms with van der Waals surface area (Å²) in [7, 11) is 0. The molecule has 0 aliphatic heterocycles. The van der Waals surface area contributed by atoms with Gasteiger partial charge in [-0.05, 0) is 32.7 Å². The van der Waals surface area contributed by atoms with Crippen molar-refractivity contribution in [3.05, 3.63) is 84.9 Å². The van der Waals surface area contributed by atoms with Gasteiger partial charge in [-0.15, -0.1) is 0 Å². The van der Waals surface area contributed by atoms with Crippen molar-refractivity contribution in [2.75, 3.05) is 0 Å². The Labute approximate surface area is 186 Å². The molecule has 0 amide bonds. The predicted octanol–water partition coefficient (Wildman–Crippen LogP) is 10.5. The summed E-state index contributed by atoms with van der Waals surface area (Å²) in [4.78, 5) is 0. The highest BCUT2D eigenvalue weighted by atomic mass is 14.1. The largest absolute Gasteiger partial charge is 0.0683 e. The zero-order valence-electron chi connectivity index (χ0n) is 20.5. The van der Waals surface area contributed by atoms with Crippen molar-refractivity contribution in [1.29, 1.82) is 0 Å². The topological polar surface area (TPSA) is 0 Å². The minimum atomic E-state index is 1.25. The fourth-order valence-corrected chi connectivity index (χ4v) is 2.92. The molecule has 0 heteroatoms. The second kappa shape index (κ2) is 17.3. The average molecular weight is 403 g/mol. The van der Waals surface area contributed by atoms with Gasteiger partial charge < -0.3 is 0 Å². The number of hydrogen-bond acceptors (Lipinski definition) is 0.